The number of amides is 2. The molecule has 0 bridgehead atoms. The molecule has 3 rings (SSSR count). The van der Waals surface area contributed by atoms with Crippen molar-refractivity contribution in [2.24, 2.45) is 0 Å². The van der Waals surface area contributed by atoms with Gasteiger partial charge in [0.1, 0.15) is 23.2 Å². The molecule has 12 nitrogen and oxygen atoms in total. The Labute approximate surface area is 252 Å². The van der Waals surface area contributed by atoms with Crippen molar-refractivity contribution in [1.29, 1.82) is 0 Å². The molecule has 230 valence electrons. The van der Waals surface area contributed by atoms with E-state index in [1.165, 1.54) is 16.0 Å². The van der Waals surface area contributed by atoms with Gasteiger partial charge in [-0.2, -0.15) is 4.98 Å². The molecule has 0 aliphatic heterocycles. The minimum absolute atomic E-state index is 0.112. The number of carboxylic acids is 1. The SMILES string of the molecule is CCCN(C)C(=O)OC1=CCC=C(CC(Nc2nc(N(CC)CC)ncc2N(CC)C(=O)c2ccccn2)C(=O)O)C=C1. The largest absolute Gasteiger partial charge is 0.480 e. The number of hydrogen-bond acceptors (Lipinski definition) is 9. The summed E-state index contributed by atoms with van der Waals surface area (Å²) in [5, 5.41) is 13.3. The Morgan fingerprint density at radius 2 is 1.81 bits per heavy atom. The number of allylic oxidation sites excluding steroid dienone is 4. The van der Waals surface area contributed by atoms with Crippen LogP contribution in [0.2, 0.25) is 0 Å². The van der Waals surface area contributed by atoms with Crippen LogP contribution in [0.15, 0.2) is 66.2 Å². The Morgan fingerprint density at radius 3 is 2.44 bits per heavy atom. The number of aliphatic carboxylic acids is 1. The van der Waals surface area contributed by atoms with Gasteiger partial charge in [-0.3, -0.25) is 9.78 Å². The smallest absolute Gasteiger partial charge is 0.414 e. The first-order valence-corrected chi connectivity index (χ1v) is 14.6. The van der Waals surface area contributed by atoms with Gasteiger partial charge in [0.05, 0.1) is 6.20 Å². The first-order valence-electron chi connectivity index (χ1n) is 14.6. The number of carbonyl (C=O) groups excluding carboxylic acids is 2. The highest BCUT2D eigenvalue weighted by atomic mass is 16.6. The number of carboxylic acid groups (broad SMARTS) is 1. The first-order chi connectivity index (χ1) is 20.7. The van der Waals surface area contributed by atoms with Gasteiger partial charge in [-0.05, 0) is 63.5 Å². The second-order valence-electron chi connectivity index (χ2n) is 9.82. The van der Waals surface area contributed by atoms with E-state index in [9.17, 15) is 19.5 Å². The molecule has 0 spiro atoms. The minimum atomic E-state index is -1.09. The number of rotatable bonds is 14. The lowest BCUT2D eigenvalue weighted by Crippen LogP contribution is -2.35. The summed E-state index contributed by atoms with van der Waals surface area (Å²) in [6.07, 6.45) is 11.1. The monoisotopic (exact) mass is 591 g/mol. The minimum Gasteiger partial charge on any atom is -0.480 e. The van der Waals surface area contributed by atoms with Crippen LogP contribution in [-0.2, 0) is 9.53 Å². The molecular formula is C31H41N7O5. The molecule has 1 atom stereocenters. The van der Waals surface area contributed by atoms with Gasteiger partial charge in [0.15, 0.2) is 5.82 Å². The van der Waals surface area contributed by atoms with Crippen molar-refractivity contribution in [3.8, 4) is 0 Å². The maximum Gasteiger partial charge on any atom is 0.414 e. The quantitative estimate of drug-likeness (QED) is 0.312. The van der Waals surface area contributed by atoms with Crippen LogP contribution in [-0.4, -0.2) is 82.2 Å². The van der Waals surface area contributed by atoms with Gasteiger partial charge >= 0.3 is 12.1 Å². The molecule has 12 heteroatoms. The van der Waals surface area contributed by atoms with Crippen LogP contribution in [0.4, 0.5) is 22.2 Å². The Bertz CT molecular complexity index is 1360. The Hall–Kier alpha value is -4.74. The summed E-state index contributed by atoms with van der Waals surface area (Å²) in [4.78, 5) is 56.5. The van der Waals surface area contributed by atoms with Crippen LogP contribution in [0.25, 0.3) is 0 Å². The normalized spacial score (nSPS) is 13.2. The van der Waals surface area contributed by atoms with Crippen LogP contribution in [0, 0.1) is 0 Å². The highest BCUT2D eigenvalue weighted by molar-refractivity contribution is 6.06. The van der Waals surface area contributed by atoms with Crippen LogP contribution in [0.3, 0.4) is 0 Å². The zero-order valence-electron chi connectivity index (χ0n) is 25.5. The molecule has 0 radical (unpaired) electrons. The molecule has 1 aliphatic rings. The van der Waals surface area contributed by atoms with E-state index < -0.39 is 18.1 Å². The molecule has 1 aliphatic carbocycles. The summed E-state index contributed by atoms with van der Waals surface area (Å²) < 4.78 is 5.48. The number of nitrogens with one attached hydrogen (secondary N) is 1. The Balaban J connectivity index is 1.89. The summed E-state index contributed by atoms with van der Waals surface area (Å²) in [5.74, 6) is -0.413. The van der Waals surface area contributed by atoms with Crippen molar-refractivity contribution in [2.45, 2.75) is 53.0 Å². The molecule has 0 fully saturated rings. The second-order valence-corrected chi connectivity index (χ2v) is 9.82. The third-order valence-corrected chi connectivity index (χ3v) is 6.82. The zero-order valence-corrected chi connectivity index (χ0v) is 25.5. The van der Waals surface area contributed by atoms with Crippen molar-refractivity contribution in [3.05, 3.63) is 71.9 Å². The molecule has 1 unspecified atom stereocenters. The van der Waals surface area contributed by atoms with E-state index in [-0.39, 0.29) is 30.4 Å². The predicted octanol–water partition coefficient (Wildman–Crippen LogP) is 4.89. The number of hydrogen-bond donors (Lipinski definition) is 2. The third-order valence-electron chi connectivity index (χ3n) is 6.82. The van der Waals surface area contributed by atoms with Crippen molar-refractivity contribution in [3.63, 3.8) is 0 Å². The lowest BCUT2D eigenvalue weighted by atomic mass is 10.0. The van der Waals surface area contributed by atoms with Crippen LogP contribution < -0.4 is 15.1 Å². The lowest BCUT2D eigenvalue weighted by Gasteiger charge is -2.27. The molecule has 0 saturated carbocycles. The van der Waals surface area contributed by atoms with E-state index in [0.717, 1.165) is 12.0 Å². The molecule has 43 heavy (non-hydrogen) atoms. The van der Waals surface area contributed by atoms with E-state index in [2.05, 4.69) is 20.3 Å². The van der Waals surface area contributed by atoms with Crippen molar-refractivity contribution >= 4 is 35.4 Å². The molecule has 2 N–H and O–H groups in total. The summed E-state index contributed by atoms with van der Waals surface area (Å²) in [5.41, 5.74) is 1.33. The molecule has 0 aromatic carbocycles. The van der Waals surface area contributed by atoms with Gasteiger partial charge in [0.25, 0.3) is 5.91 Å². The number of ether oxygens (including phenoxy) is 1. The van der Waals surface area contributed by atoms with Crippen LogP contribution in [0.1, 0.15) is 57.4 Å². The predicted molar refractivity (Wildman–Crippen MR) is 166 cm³/mol. The van der Waals surface area contributed by atoms with Gasteiger partial charge in [-0.15, -0.1) is 0 Å². The fourth-order valence-corrected chi connectivity index (χ4v) is 4.46. The molecule has 2 aromatic heterocycles. The van der Waals surface area contributed by atoms with E-state index >= 15 is 0 Å². The number of anilines is 3. The summed E-state index contributed by atoms with van der Waals surface area (Å²) >= 11 is 0. The molecular weight excluding hydrogens is 550 g/mol. The average Bonchev–Trinajstić information content (AvgIpc) is 3.23. The fourth-order valence-electron chi connectivity index (χ4n) is 4.46. The molecule has 0 saturated heterocycles. The van der Waals surface area contributed by atoms with Gasteiger partial charge < -0.3 is 29.9 Å². The molecule has 2 heterocycles. The van der Waals surface area contributed by atoms with Crippen molar-refractivity contribution in [2.75, 3.05) is 48.3 Å². The number of nitrogens with zero attached hydrogens (tertiary/aromatic N) is 6. The Morgan fingerprint density at radius 1 is 1.05 bits per heavy atom. The topological polar surface area (TPSA) is 141 Å². The van der Waals surface area contributed by atoms with Gasteiger partial charge in [-0.25, -0.2) is 14.6 Å². The van der Waals surface area contributed by atoms with E-state index in [1.807, 2.05) is 38.7 Å². The number of carbonyl (C=O) groups is 3. The molecule has 2 aromatic rings. The highest BCUT2D eigenvalue weighted by Gasteiger charge is 2.26. The number of pyridine rings is 1. The number of aromatic nitrogens is 3. The van der Waals surface area contributed by atoms with E-state index in [4.69, 9.17) is 4.74 Å². The molecule has 2 amide bonds. The maximum atomic E-state index is 13.4. The lowest BCUT2D eigenvalue weighted by molar-refractivity contribution is -0.137. The maximum absolute atomic E-state index is 13.4. The van der Waals surface area contributed by atoms with E-state index in [1.54, 1.807) is 49.7 Å². The fraction of sp³-hybridized carbons (Fsp3) is 0.419. The summed E-state index contributed by atoms with van der Waals surface area (Å²) in [6, 6.07) is 3.99. The Kier molecular flexibility index (Phi) is 12.2. The first kappa shape index (κ1) is 32.8. The highest BCUT2D eigenvalue weighted by Crippen LogP contribution is 2.29. The summed E-state index contributed by atoms with van der Waals surface area (Å²) in [6.45, 7) is 9.90. The van der Waals surface area contributed by atoms with Gasteiger partial charge in [0, 0.05) is 45.8 Å². The van der Waals surface area contributed by atoms with E-state index in [0.29, 0.717) is 43.4 Å². The standard InChI is InChI=1S/C31H41N7O5/c1-6-19-36(5)31(42)43-23-14-12-13-22(16-17-23)20-25(29(40)41)34-27-26(21-33-30(35-27)37(7-2)8-3)38(9-4)28(39)24-15-10-11-18-32-24/h10-11,13-18,21,25H,6-9,12,19-20H2,1-5H3,(H,40,41)(H,33,34,35). The van der Waals surface area contributed by atoms with Crippen LogP contribution >= 0.6 is 0 Å². The van der Waals surface area contributed by atoms with Gasteiger partial charge in [0.2, 0.25) is 5.95 Å². The third kappa shape index (κ3) is 8.87. The average molecular weight is 592 g/mol. The van der Waals surface area contributed by atoms with Crippen LogP contribution in [0.5, 0.6) is 0 Å². The second kappa shape index (κ2) is 16.0. The van der Waals surface area contributed by atoms with Crippen molar-refractivity contribution < 1.29 is 24.2 Å². The van der Waals surface area contributed by atoms with Gasteiger partial charge in [-0.1, -0.05) is 25.1 Å². The zero-order chi connectivity index (χ0) is 31.4. The summed E-state index contributed by atoms with van der Waals surface area (Å²) in [7, 11) is 1.68. The van der Waals surface area contributed by atoms with Crippen molar-refractivity contribution in [1.82, 2.24) is 19.9 Å².